The van der Waals surface area contributed by atoms with Gasteiger partial charge in [0.25, 0.3) is 5.91 Å². The van der Waals surface area contributed by atoms with E-state index in [4.69, 9.17) is 4.74 Å². The number of halogens is 2. The lowest BCUT2D eigenvalue weighted by Gasteiger charge is -2.12. The van der Waals surface area contributed by atoms with E-state index in [9.17, 15) is 13.6 Å². The molecule has 2 aromatic carbocycles. The van der Waals surface area contributed by atoms with E-state index >= 15 is 0 Å². The molecule has 1 amide bonds. The van der Waals surface area contributed by atoms with Crippen molar-refractivity contribution >= 4 is 5.91 Å². The average molecular weight is 348 g/mol. The summed E-state index contributed by atoms with van der Waals surface area (Å²) in [6, 6.07) is 10.2. The van der Waals surface area contributed by atoms with Gasteiger partial charge in [-0.2, -0.15) is 8.78 Å². The number of hydrogen-bond donors (Lipinski definition) is 2. The van der Waals surface area contributed by atoms with Gasteiger partial charge >= 0.3 is 6.61 Å². The molecule has 1 aliphatic rings. The van der Waals surface area contributed by atoms with Gasteiger partial charge in [0, 0.05) is 25.2 Å². The van der Waals surface area contributed by atoms with E-state index in [1.54, 1.807) is 0 Å². The van der Waals surface area contributed by atoms with E-state index in [0.717, 1.165) is 18.7 Å². The summed E-state index contributed by atoms with van der Waals surface area (Å²) in [5.74, 6) is -0.405. The highest BCUT2D eigenvalue weighted by Crippen LogP contribution is 2.29. The van der Waals surface area contributed by atoms with Crippen molar-refractivity contribution < 1.29 is 23.0 Å². The maximum Gasteiger partial charge on any atom is 0.387 e. The van der Waals surface area contributed by atoms with Crippen molar-refractivity contribution in [3.63, 3.8) is 0 Å². The Kier molecular flexibility index (Phi) is 5.14. The van der Waals surface area contributed by atoms with Crippen molar-refractivity contribution in [1.82, 2.24) is 10.6 Å². The predicted molar refractivity (Wildman–Crippen MR) is 87.8 cm³/mol. The Hall–Kier alpha value is -2.67. The maximum absolute atomic E-state index is 12.5. The molecule has 0 unspecified atom stereocenters. The molecule has 2 N–H and O–H groups in total. The first-order valence-corrected chi connectivity index (χ1v) is 7.79. The van der Waals surface area contributed by atoms with Gasteiger partial charge in [-0.1, -0.05) is 18.2 Å². The van der Waals surface area contributed by atoms with Crippen molar-refractivity contribution in [2.45, 2.75) is 26.2 Å². The topological polar surface area (TPSA) is 59.6 Å². The number of alkyl halides is 2. The largest absolute Gasteiger partial charge is 0.493 e. The van der Waals surface area contributed by atoms with Crippen LogP contribution in [0.5, 0.6) is 11.5 Å². The second kappa shape index (κ2) is 7.48. The summed E-state index contributed by atoms with van der Waals surface area (Å²) < 4.78 is 34.3. The summed E-state index contributed by atoms with van der Waals surface area (Å²) >= 11 is 0. The molecule has 0 fully saturated rings. The van der Waals surface area contributed by atoms with Gasteiger partial charge in [0.15, 0.2) is 11.5 Å². The van der Waals surface area contributed by atoms with Crippen LogP contribution in [0.2, 0.25) is 0 Å². The fourth-order valence-electron chi connectivity index (χ4n) is 2.75. The molecule has 0 aliphatic carbocycles. The number of rotatable bonds is 6. The Morgan fingerprint density at radius 1 is 1.16 bits per heavy atom. The van der Waals surface area contributed by atoms with Gasteiger partial charge in [-0.15, -0.1) is 0 Å². The third-order valence-electron chi connectivity index (χ3n) is 4.00. The molecule has 132 valence electrons. The molecular formula is C18H18F2N2O3. The number of hydrogen-bond acceptors (Lipinski definition) is 4. The van der Waals surface area contributed by atoms with Crippen molar-refractivity contribution in [3.05, 3.63) is 58.7 Å². The van der Waals surface area contributed by atoms with Crippen LogP contribution < -0.4 is 20.1 Å². The van der Waals surface area contributed by atoms with Crippen molar-refractivity contribution in [1.29, 1.82) is 0 Å². The van der Waals surface area contributed by atoms with Gasteiger partial charge in [-0.3, -0.25) is 4.79 Å². The number of amides is 1. The summed E-state index contributed by atoms with van der Waals surface area (Å²) in [5.41, 5.74) is 3.69. The Morgan fingerprint density at radius 2 is 1.96 bits per heavy atom. The Labute approximate surface area is 143 Å². The van der Waals surface area contributed by atoms with E-state index < -0.39 is 6.61 Å². The van der Waals surface area contributed by atoms with Crippen LogP contribution in [0.3, 0.4) is 0 Å². The molecule has 0 aromatic heterocycles. The predicted octanol–water partition coefficient (Wildman–Crippen LogP) is 2.83. The summed E-state index contributed by atoms with van der Waals surface area (Å²) in [5, 5.41) is 6.05. The number of benzene rings is 2. The molecule has 1 aliphatic heterocycles. The van der Waals surface area contributed by atoms with E-state index in [1.165, 1.54) is 36.4 Å². The highest BCUT2D eigenvalue weighted by atomic mass is 19.3. The molecule has 0 radical (unpaired) electrons. The van der Waals surface area contributed by atoms with Crippen LogP contribution in [0.15, 0.2) is 36.4 Å². The number of carbonyl (C=O) groups excluding carboxylic acids is 1. The molecule has 25 heavy (non-hydrogen) atoms. The third kappa shape index (κ3) is 4.06. The van der Waals surface area contributed by atoms with Crippen molar-refractivity contribution in [2.24, 2.45) is 0 Å². The zero-order chi connectivity index (χ0) is 17.8. The molecule has 0 spiro atoms. The summed E-state index contributed by atoms with van der Waals surface area (Å²) in [6.07, 6.45) is 0. The first-order valence-electron chi connectivity index (χ1n) is 7.79. The van der Waals surface area contributed by atoms with E-state index in [1.807, 2.05) is 12.1 Å². The van der Waals surface area contributed by atoms with Crippen LogP contribution in [0.1, 0.15) is 27.0 Å². The minimum Gasteiger partial charge on any atom is -0.493 e. The van der Waals surface area contributed by atoms with Crippen LogP contribution in [0.4, 0.5) is 8.78 Å². The summed E-state index contributed by atoms with van der Waals surface area (Å²) in [7, 11) is 1.34. The molecule has 3 rings (SSSR count). The summed E-state index contributed by atoms with van der Waals surface area (Å²) in [4.78, 5) is 12.3. The van der Waals surface area contributed by atoms with Crippen LogP contribution in [0, 0.1) is 0 Å². The molecule has 0 bridgehead atoms. The molecular weight excluding hydrogens is 330 g/mol. The number of fused-ring (bicyclic) bond motifs is 1. The standard InChI is InChI=1S/C18H18F2N2O3/c1-24-15-5-4-12(7-16(15)25-18(19)20)17(23)22-8-11-2-3-13-9-21-10-14(13)6-11/h2-7,18,21H,8-10H2,1H3,(H,22,23). The van der Waals surface area contributed by atoms with Gasteiger partial charge in [-0.05, 0) is 34.9 Å². The van der Waals surface area contributed by atoms with Gasteiger partial charge in [0.05, 0.1) is 7.11 Å². The van der Waals surface area contributed by atoms with Crippen LogP contribution >= 0.6 is 0 Å². The Morgan fingerprint density at radius 3 is 2.72 bits per heavy atom. The number of methoxy groups -OCH3 is 1. The van der Waals surface area contributed by atoms with Gasteiger partial charge in [0.1, 0.15) is 0 Å². The molecule has 5 nitrogen and oxygen atoms in total. The van der Waals surface area contributed by atoms with Crippen LogP contribution in [-0.4, -0.2) is 19.6 Å². The fourth-order valence-corrected chi connectivity index (χ4v) is 2.75. The molecule has 0 saturated carbocycles. The monoisotopic (exact) mass is 348 g/mol. The van der Waals surface area contributed by atoms with Gasteiger partial charge in [-0.25, -0.2) is 0 Å². The molecule has 0 saturated heterocycles. The second-order valence-corrected chi connectivity index (χ2v) is 5.63. The first kappa shape index (κ1) is 17.2. The van der Waals surface area contributed by atoms with E-state index in [0.29, 0.717) is 6.54 Å². The summed E-state index contributed by atoms with van der Waals surface area (Å²) in [6.45, 7) is -0.958. The van der Waals surface area contributed by atoms with Gasteiger partial charge in [0.2, 0.25) is 0 Å². The van der Waals surface area contributed by atoms with E-state index in [2.05, 4.69) is 21.4 Å². The highest BCUT2D eigenvalue weighted by molar-refractivity contribution is 5.94. The number of carbonyl (C=O) groups is 1. The lowest BCUT2D eigenvalue weighted by Crippen LogP contribution is -2.23. The zero-order valence-corrected chi connectivity index (χ0v) is 13.6. The SMILES string of the molecule is COc1ccc(C(=O)NCc2ccc3c(c2)CNC3)cc1OC(F)F. The zero-order valence-electron chi connectivity index (χ0n) is 13.6. The number of nitrogens with one attached hydrogen (secondary N) is 2. The molecule has 1 heterocycles. The number of ether oxygens (including phenoxy) is 2. The third-order valence-corrected chi connectivity index (χ3v) is 4.00. The lowest BCUT2D eigenvalue weighted by atomic mass is 10.1. The van der Waals surface area contributed by atoms with Crippen molar-refractivity contribution in [2.75, 3.05) is 7.11 Å². The quantitative estimate of drug-likeness (QED) is 0.843. The minimum absolute atomic E-state index is 0.142. The van der Waals surface area contributed by atoms with Crippen LogP contribution in [0.25, 0.3) is 0 Å². The normalized spacial score (nSPS) is 12.8. The Balaban J connectivity index is 1.68. The lowest BCUT2D eigenvalue weighted by molar-refractivity contribution is -0.0512. The van der Waals surface area contributed by atoms with Gasteiger partial charge < -0.3 is 20.1 Å². The minimum atomic E-state index is -2.99. The molecule has 2 aromatic rings. The first-order chi connectivity index (χ1) is 12.1. The van der Waals surface area contributed by atoms with E-state index in [-0.39, 0.29) is 23.0 Å². The van der Waals surface area contributed by atoms with Crippen molar-refractivity contribution in [3.8, 4) is 11.5 Å². The second-order valence-electron chi connectivity index (χ2n) is 5.63. The molecule has 0 atom stereocenters. The molecule has 7 heteroatoms. The average Bonchev–Trinajstić information content (AvgIpc) is 3.06. The smallest absolute Gasteiger partial charge is 0.387 e. The highest BCUT2D eigenvalue weighted by Gasteiger charge is 2.15. The Bertz CT molecular complexity index is 781. The maximum atomic E-state index is 12.5. The van der Waals surface area contributed by atoms with Crippen LogP contribution in [-0.2, 0) is 19.6 Å². The fraction of sp³-hybridized carbons (Fsp3) is 0.278.